The van der Waals surface area contributed by atoms with Gasteiger partial charge in [0, 0.05) is 29.0 Å². The molecular formula is C18H13ClO3. The van der Waals surface area contributed by atoms with Crippen LogP contribution in [0.1, 0.15) is 28.3 Å². The molecule has 0 fully saturated rings. The number of esters is 1. The molecular weight excluding hydrogens is 300 g/mol. The summed E-state index contributed by atoms with van der Waals surface area (Å²) in [6.45, 7) is 3.78. The second-order valence-electron chi connectivity index (χ2n) is 5.11. The molecule has 22 heavy (non-hydrogen) atoms. The minimum absolute atomic E-state index is 0.124. The standard InChI is InChI=1S/C18H13ClO3/c1-11-14(10-16(20)13-7-2-4-8-15(13)19)12-6-3-5-9-17(12)22-18(11)21/h2-9,14H,1,10H2/t14-/m1/s1. The van der Waals surface area contributed by atoms with Crippen LogP contribution in [-0.2, 0) is 4.79 Å². The van der Waals surface area contributed by atoms with Crippen molar-refractivity contribution in [2.45, 2.75) is 12.3 Å². The number of para-hydroxylation sites is 1. The van der Waals surface area contributed by atoms with Crippen LogP contribution < -0.4 is 4.74 Å². The van der Waals surface area contributed by atoms with Crippen LogP contribution in [0.4, 0.5) is 0 Å². The number of fused-ring (bicyclic) bond motifs is 1. The van der Waals surface area contributed by atoms with Gasteiger partial charge >= 0.3 is 5.97 Å². The molecule has 0 saturated carbocycles. The van der Waals surface area contributed by atoms with Crippen LogP contribution in [0.5, 0.6) is 5.75 Å². The molecule has 1 heterocycles. The van der Waals surface area contributed by atoms with E-state index in [9.17, 15) is 9.59 Å². The highest BCUT2D eigenvalue weighted by molar-refractivity contribution is 6.34. The summed E-state index contributed by atoms with van der Waals surface area (Å²) in [5.41, 5.74) is 1.54. The first kappa shape index (κ1) is 14.5. The van der Waals surface area contributed by atoms with Crippen LogP contribution in [-0.4, -0.2) is 11.8 Å². The summed E-state index contributed by atoms with van der Waals surface area (Å²) < 4.78 is 5.21. The first-order chi connectivity index (χ1) is 10.6. The quantitative estimate of drug-likeness (QED) is 0.370. The van der Waals surface area contributed by atoms with Gasteiger partial charge in [0.05, 0.1) is 5.02 Å². The lowest BCUT2D eigenvalue weighted by molar-refractivity contribution is -0.131. The summed E-state index contributed by atoms with van der Waals surface area (Å²) in [6, 6.07) is 14.1. The zero-order chi connectivity index (χ0) is 15.7. The molecule has 3 rings (SSSR count). The number of carbonyl (C=O) groups excluding carboxylic acids is 2. The molecule has 1 aliphatic heterocycles. The van der Waals surface area contributed by atoms with Crippen molar-refractivity contribution in [2.24, 2.45) is 0 Å². The van der Waals surface area contributed by atoms with Crippen molar-refractivity contribution >= 4 is 23.4 Å². The molecule has 0 N–H and O–H groups in total. The predicted octanol–water partition coefficient (Wildman–Crippen LogP) is 4.17. The van der Waals surface area contributed by atoms with E-state index in [0.29, 0.717) is 21.9 Å². The zero-order valence-electron chi connectivity index (χ0n) is 11.7. The molecule has 0 saturated heterocycles. The third-order valence-corrected chi connectivity index (χ3v) is 4.07. The Labute approximate surface area is 133 Å². The van der Waals surface area contributed by atoms with Crippen LogP contribution in [0.25, 0.3) is 0 Å². The monoisotopic (exact) mass is 312 g/mol. The summed E-state index contributed by atoms with van der Waals surface area (Å²) in [6.07, 6.45) is 0.134. The maximum Gasteiger partial charge on any atom is 0.339 e. The molecule has 110 valence electrons. The lowest BCUT2D eigenvalue weighted by atomic mass is 9.84. The fourth-order valence-electron chi connectivity index (χ4n) is 2.57. The fraction of sp³-hybridized carbons (Fsp3) is 0.111. The first-order valence-corrected chi connectivity index (χ1v) is 7.23. The molecule has 0 aliphatic carbocycles. The summed E-state index contributed by atoms with van der Waals surface area (Å²) in [7, 11) is 0. The number of Topliss-reactive ketones (excluding diaryl/α,β-unsaturated/α-hetero) is 1. The van der Waals surface area contributed by atoms with Crippen LogP contribution in [0.2, 0.25) is 5.02 Å². The van der Waals surface area contributed by atoms with E-state index >= 15 is 0 Å². The predicted molar refractivity (Wildman–Crippen MR) is 84.4 cm³/mol. The van der Waals surface area contributed by atoms with Crippen LogP contribution in [0, 0.1) is 0 Å². The second kappa shape index (κ2) is 5.78. The number of carbonyl (C=O) groups is 2. The third kappa shape index (κ3) is 2.55. The number of halogens is 1. The Balaban J connectivity index is 1.94. The van der Waals surface area contributed by atoms with Crippen molar-refractivity contribution in [1.29, 1.82) is 0 Å². The molecule has 3 nitrogen and oxygen atoms in total. The number of hydrogen-bond acceptors (Lipinski definition) is 3. The van der Waals surface area contributed by atoms with Gasteiger partial charge in [-0.25, -0.2) is 4.79 Å². The molecule has 0 radical (unpaired) electrons. The minimum atomic E-state index is -0.490. The van der Waals surface area contributed by atoms with Crippen molar-refractivity contribution in [3.8, 4) is 5.75 Å². The minimum Gasteiger partial charge on any atom is -0.423 e. The molecule has 1 aliphatic rings. The van der Waals surface area contributed by atoms with Gasteiger partial charge in [-0.1, -0.05) is 48.5 Å². The Morgan fingerprint density at radius 3 is 2.59 bits per heavy atom. The second-order valence-corrected chi connectivity index (χ2v) is 5.52. The number of ether oxygens (including phenoxy) is 1. The van der Waals surface area contributed by atoms with E-state index in [2.05, 4.69) is 6.58 Å². The van der Waals surface area contributed by atoms with E-state index in [0.717, 1.165) is 5.56 Å². The number of rotatable bonds is 3. The van der Waals surface area contributed by atoms with E-state index in [1.54, 1.807) is 36.4 Å². The molecule has 0 amide bonds. The van der Waals surface area contributed by atoms with Gasteiger partial charge in [-0.05, 0) is 18.2 Å². The maximum absolute atomic E-state index is 12.5. The van der Waals surface area contributed by atoms with E-state index in [1.807, 2.05) is 12.1 Å². The Bertz CT molecular complexity index is 779. The van der Waals surface area contributed by atoms with Crippen LogP contribution >= 0.6 is 11.6 Å². The van der Waals surface area contributed by atoms with Gasteiger partial charge in [-0.3, -0.25) is 4.79 Å². The van der Waals surface area contributed by atoms with Crippen molar-refractivity contribution in [3.05, 3.63) is 76.8 Å². The van der Waals surface area contributed by atoms with Gasteiger partial charge in [-0.2, -0.15) is 0 Å². The molecule has 2 aromatic rings. The number of hydrogen-bond donors (Lipinski definition) is 0. The molecule has 0 aromatic heterocycles. The van der Waals surface area contributed by atoms with E-state index in [4.69, 9.17) is 16.3 Å². The SMILES string of the molecule is C=C1C(=O)Oc2ccccc2[C@@H]1CC(=O)c1ccccc1Cl. The summed E-state index contributed by atoms with van der Waals surface area (Å²) in [5.74, 6) is -0.519. The van der Waals surface area contributed by atoms with Gasteiger partial charge in [0.1, 0.15) is 5.75 Å². The van der Waals surface area contributed by atoms with Crippen LogP contribution in [0.3, 0.4) is 0 Å². The molecule has 4 heteroatoms. The van der Waals surface area contributed by atoms with Gasteiger partial charge in [-0.15, -0.1) is 0 Å². The van der Waals surface area contributed by atoms with Crippen molar-refractivity contribution < 1.29 is 14.3 Å². The Morgan fingerprint density at radius 2 is 1.82 bits per heavy atom. The Morgan fingerprint density at radius 1 is 1.14 bits per heavy atom. The highest BCUT2D eigenvalue weighted by Gasteiger charge is 2.32. The van der Waals surface area contributed by atoms with Gasteiger partial charge < -0.3 is 4.74 Å². The molecule has 0 spiro atoms. The lowest BCUT2D eigenvalue weighted by Gasteiger charge is -2.25. The molecule has 1 atom stereocenters. The fourth-order valence-corrected chi connectivity index (χ4v) is 2.81. The Kier molecular flexibility index (Phi) is 3.82. The highest BCUT2D eigenvalue weighted by Crippen LogP contribution is 2.39. The summed E-state index contributed by atoms with van der Waals surface area (Å²) in [4.78, 5) is 24.4. The van der Waals surface area contributed by atoms with Gasteiger partial charge in [0.25, 0.3) is 0 Å². The summed E-state index contributed by atoms with van der Waals surface area (Å²) >= 11 is 6.07. The average molecular weight is 313 g/mol. The van der Waals surface area contributed by atoms with Crippen LogP contribution in [0.15, 0.2) is 60.7 Å². The first-order valence-electron chi connectivity index (χ1n) is 6.85. The van der Waals surface area contributed by atoms with Crippen molar-refractivity contribution in [2.75, 3.05) is 0 Å². The smallest absolute Gasteiger partial charge is 0.339 e. The topological polar surface area (TPSA) is 43.4 Å². The van der Waals surface area contributed by atoms with Crippen molar-refractivity contribution in [3.63, 3.8) is 0 Å². The average Bonchev–Trinajstić information content (AvgIpc) is 2.52. The van der Waals surface area contributed by atoms with Gasteiger partial charge in [0.2, 0.25) is 0 Å². The van der Waals surface area contributed by atoms with E-state index < -0.39 is 5.97 Å². The number of benzene rings is 2. The Hall–Kier alpha value is -2.39. The van der Waals surface area contributed by atoms with Gasteiger partial charge in [0.15, 0.2) is 5.78 Å². The van der Waals surface area contributed by atoms with Crippen molar-refractivity contribution in [1.82, 2.24) is 0 Å². The largest absolute Gasteiger partial charge is 0.423 e. The zero-order valence-corrected chi connectivity index (χ0v) is 12.5. The maximum atomic E-state index is 12.5. The lowest BCUT2D eigenvalue weighted by Crippen LogP contribution is -2.24. The third-order valence-electron chi connectivity index (χ3n) is 3.74. The molecule has 0 unspecified atom stereocenters. The molecule has 2 aromatic carbocycles. The highest BCUT2D eigenvalue weighted by atomic mass is 35.5. The van der Waals surface area contributed by atoms with E-state index in [1.165, 1.54) is 0 Å². The normalized spacial score (nSPS) is 16.9. The summed E-state index contributed by atoms with van der Waals surface area (Å²) in [5, 5.41) is 0.407. The number of ketones is 1. The molecule has 0 bridgehead atoms. The van der Waals surface area contributed by atoms with E-state index in [-0.39, 0.29) is 18.1 Å².